The predicted molar refractivity (Wildman–Crippen MR) is 74.7 cm³/mol. The predicted octanol–water partition coefficient (Wildman–Crippen LogP) is 0.800. The zero-order chi connectivity index (χ0) is 14.7. The van der Waals surface area contributed by atoms with Crippen molar-refractivity contribution < 1.29 is 9.53 Å². The molecule has 0 saturated carbocycles. The second-order valence-corrected chi connectivity index (χ2v) is 4.89. The summed E-state index contributed by atoms with van der Waals surface area (Å²) >= 11 is 0. The molecule has 6 heteroatoms. The third-order valence-corrected chi connectivity index (χ3v) is 3.52. The Morgan fingerprint density at radius 3 is 2.60 bits per heavy atom. The highest BCUT2D eigenvalue weighted by atomic mass is 16.5. The number of nitriles is 1. The smallest absolute Gasteiger partial charge is 0.339 e. The fraction of sp³-hybridized carbons (Fsp3) is 0.500. The summed E-state index contributed by atoms with van der Waals surface area (Å²) in [6, 6.07) is 3.70. The molecule has 2 heterocycles. The van der Waals surface area contributed by atoms with E-state index in [9.17, 15) is 10.1 Å². The Labute approximate surface area is 118 Å². The zero-order valence-corrected chi connectivity index (χ0v) is 12.0. The van der Waals surface area contributed by atoms with Crippen molar-refractivity contribution >= 4 is 11.8 Å². The number of rotatable bonds is 2. The van der Waals surface area contributed by atoms with Crippen LogP contribution in [0.2, 0.25) is 0 Å². The van der Waals surface area contributed by atoms with Crippen molar-refractivity contribution in [2.24, 2.45) is 0 Å². The van der Waals surface area contributed by atoms with Gasteiger partial charge in [-0.2, -0.15) is 5.26 Å². The quantitative estimate of drug-likeness (QED) is 0.743. The minimum Gasteiger partial charge on any atom is -0.465 e. The van der Waals surface area contributed by atoms with Gasteiger partial charge in [0.25, 0.3) is 0 Å². The van der Waals surface area contributed by atoms with Crippen molar-refractivity contribution in [2.45, 2.75) is 6.92 Å². The highest BCUT2D eigenvalue weighted by molar-refractivity contribution is 5.91. The number of nitrogens with zero attached hydrogens (tertiary/aromatic N) is 4. The molecule has 0 spiro atoms. The molecular formula is C14H18N4O2. The fourth-order valence-electron chi connectivity index (χ4n) is 2.25. The summed E-state index contributed by atoms with van der Waals surface area (Å²) in [5, 5.41) is 9.29. The van der Waals surface area contributed by atoms with E-state index in [4.69, 9.17) is 4.74 Å². The number of hydrogen-bond donors (Lipinski definition) is 0. The van der Waals surface area contributed by atoms with Crippen molar-refractivity contribution in [3.63, 3.8) is 0 Å². The summed E-state index contributed by atoms with van der Waals surface area (Å²) in [5.41, 5.74) is 1.35. The van der Waals surface area contributed by atoms with Gasteiger partial charge in [-0.3, -0.25) is 0 Å². The van der Waals surface area contributed by atoms with Gasteiger partial charge in [-0.1, -0.05) is 0 Å². The summed E-state index contributed by atoms with van der Waals surface area (Å²) in [5.74, 6) is 0.196. The van der Waals surface area contributed by atoms with Gasteiger partial charge < -0.3 is 14.5 Å². The largest absolute Gasteiger partial charge is 0.465 e. The van der Waals surface area contributed by atoms with Crippen LogP contribution in [-0.2, 0) is 4.74 Å². The first kappa shape index (κ1) is 14.3. The molecule has 0 aromatic carbocycles. The molecule has 2 rings (SSSR count). The van der Waals surface area contributed by atoms with Gasteiger partial charge in [-0.05, 0) is 20.0 Å². The Hall–Kier alpha value is -2.13. The summed E-state index contributed by atoms with van der Waals surface area (Å²) < 4.78 is 4.71. The van der Waals surface area contributed by atoms with Crippen LogP contribution in [0.3, 0.4) is 0 Å². The summed E-state index contributed by atoms with van der Waals surface area (Å²) in [6.45, 7) is 5.28. The van der Waals surface area contributed by atoms with E-state index in [1.54, 1.807) is 13.0 Å². The maximum Gasteiger partial charge on any atom is 0.339 e. The van der Waals surface area contributed by atoms with Crippen LogP contribution >= 0.6 is 0 Å². The molecule has 0 N–H and O–H groups in total. The van der Waals surface area contributed by atoms with Crippen molar-refractivity contribution in [3.05, 3.63) is 22.9 Å². The monoisotopic (exact) mass is 274 g/mol. The van der Waals surface area contributed by atoms with E-state index in [2.05, 4.69) is 27.9 Å². The number of ether oxygens (including phenoxy) is 1. The Morgan fingerprint density at radius 2 is 2.05 bits per heavy atom. The van der Waals surface area contributed by atoms with E-state index in [1.807, 2.05) is 0 Å². The van der Waals surface area contributed by atoms with Crippen molar-refractivity contribution in [3.8, 4) is 6.07 Å². The minimum absolute atomic E-state index is 0.349. The lowest BCUT2D eigenvalue weighted by atomic mass is 10.1. The van der Waals surface area contributed by atoms with Gasteiger partial charge in [0.05, 0.1) is 23.9 Å². The van der Waals surface area contributed by atoms with Crippen molar-refractivity contribution in [1.29, 1.82) is 5.26 Å². The minimum atomic E-state index is -0.462. The number of likely N-dealkylation sites (N-methyl/N-ethyl adjacent to an activating group) is 1. The van der Waals surface area contributed by atoms with E-state index in [-0.39, 0.29) is 0 Å². The maximum absolute atomic E-state index is 11.6. The molecule has 0 amide bonds. The molecule has 0 bridgehead atoms. The molecule has 106 valence electrons. The molecule has 0 radical (unpaired) electrons. The van der Waals surface area contributed by atoms with E-state index in [0.29, 0.717) is 22.6 Å². The van der Waals surface area contributed by atoms with Crippen LogP contribution < -0.4 is 4.90 Å². The molecule has 1 aliphatic heterocycles. The lowest BCUT2D eigenvalue weighted by molar-refractivity contribution is 0.0599. The summed E-state index contributed by atoms with van der Waals surface area (Å²) in [6.07, 6.45) is 0. The molecule has 6 nitrogen and oxygen atoms in total. The molecule has 1 saturated heterocycles. The average molecular weight is 274 g/mol. The zero-order valence-electron chi connectivity index (χ0n) is 12.0. The first-order valence-corrected chi connectivity index (χ1v) is 6.50. The Bertz CT molecular complexity index is 557. The van der Waals surface area contributed by atoms with Crippen LogP contribution in [0.25, 0.3) is 0 Å². The molecule has 0 aliphatic carbocycles. The molecule has 1 aromatic heterocycles. The second-order valence-electron chi connectivity index (χ2n) is 4.89. The Balaban J connectivity index is 2.37. The van der Waals surface area contributed by atoms with Crippen molar-refractivity contribution in [2.75, 3.05) is 45.2 Å². The number of esters is 1. The Kier molecular flexibility index (Phi) is 4.20. The molecule has 0 unspecified atom stereocenters. The number of aryl methyl sites for hydroxylation is 1. The van der Waals surface area contributed by atoms with E-state index >= 15 is 0 Å². The third-order valence-electron chi connectivity index (χ3n) is 3.52. The van der Waals surface area contributed by atoms with Gasteiger partial charge in [-0.15, -0.1) is 0 Å². The lowest BCUT2D eigenvalue weighted by Gasteiger charge is -2.33. The van der Waals surface area contributed by atoms with Gasteiger partial charge >= 0.3 is 5.97 Å². The fourth-order valence-corrected chi connectivity index (χ4v) is 2.25. The maximum atomic E-state index is 11.6. The normalized spacial score (nSPS) is 15.8. The number of hydrogen-bond acceptors (Lipinski definition) is 6. The van der Waals surface area contributed by atoms with Gasteiger partial charge in [0.2, 0.25) is 0 Å². The number of aromatic nitrogens is 1. The number of methoxy groups -OCH3 is 1. The summed E-state index contributed by atoms with van der Waals surface area (Å²) in [4.78, 5) is 20.4. The molecule has 1 aromatic rings. The van der Waals surface area contributed by atoms with Crippen LogP contribution in [0.15, 0.2) is 6.07 Å². The lowest BCUT2D eigenvalue weighted by Crippen LogP contribution is -2.45. The van der Waals surface area contributed by atoms with Crippen LogP contribution in [-0.4, -0.2) is 56.2 Å². The molecule has 1 fully saturated rings. The topological polar surface area (TPSA) is 69.5 Å². The van der Waals surface area contributed by atoms with Gasteiger partial charge in [0.15, 0.2) is 0 Å². The number of carbonyl (C=O) groups is 1. The van der Waals surface area contributed by atoms with Gasteiger partial charge in [-0.25, -0.2) is 9.78 Å². The first-order valence-electron chi connectivity index (χ1n) is 6.50. The van der Waals surface area contributed by atoms with E-state index in [0.717, 1.165) is 26.2 Å². The molecule has 20 heavy (non-hydrogen) atoms. The SMILES string of the molecule is COC(=O)c1cc(C#N)c(N2CCN(C)CC2)nc1C. The number of anilines is 1. The Morgan fingerprint density at radius 1 is 1.40 bits per heavy atom. The average Bonchev–Trinajstić information content (AvgIpc) is 2.47. The van der Waals surface area contributed by atoms with Crippen molar-refractivity contribution in [1.82, 2.24) is 9.88 Å². The van der Waals surface area contributed by atoms with Gasteiger partial charge in [0.1, 0.15) is 11.9 Å². The molecule has 1 aliphatic rings. The van der Waals surface area contributed by atoms with Gasteiger partial charge in [0, 0.05) is 26.2 Å². The van der Waals surface area contributed by atoms with Crippen LogP contribution in [0.5, 0.6) is 0 Å². The van der Waals surface area contributed by atoms with E-state index in [1.165, 1.54) is 7.11 Å². The van der Waals surface area contributed by atoms with Crippen LogP contribution in [0, 0.1) is 18.3 Å². The standard InChI is InChI=1S/C14H18N4O2/c1-10-12(14(19)20-3)8-11(9-15)13(16-10)18-6-4-17(2)5-7-18/h8H,4-7H2,1-3H3. The molecule has 0 atom stereocenters. The molecular weight excluding hydrogens is 256 g/mol. The third kappa shape index (κ3) is 2.73. The summed E-state index contributed by atoms with van der Waals surface area (Å²) in [7, 11) is 3.39. The van der Waals surface area contributed by atoms with Crippen LogP contribution in [0.1, 0.15) is 21.6 Å². The number of piperazine rings is 1. The number of carbonyl (C=O) groups excluding carboxylic acids is 1. The second kappa shape index (κ2) is 5.88. The first-order chi connectivity index (χ1) is 9.56. The van der Waals surface area contributed by atoms with E-state index < -0.39 is 5.97 Å². The highest BCUT2D eigenvalue weighted by Crippen LogP contribution is 2.22. The van der Waals surface area contributed by atoms with Crippen LogP contribution in [0.4, 0.5) is 5.82 Å². The number of pyridine rings is 1. The highest BCUT2D eigenvalue weighted by Gasteiger charge is 2.21.